The van der Waals surface area contributed by atoms with Crippen molar-refractivity contribution in [2.24, 2.45) is 0 Å². The van der Waals surface area contributed by atoms with E-state index in [2.05, 4.69) is 29.2 Å². The first kappa shape index (κ1) is 24.0. The smallest absolute Gasteiger partial charge is 0.223 e. The first-order chi connectivity index (χ1) is 16.6. The molecule has 1 unspecified atom stereocenters. The minimum absolute atomic E-state index is 0.0496. The van der Waals surface area contributed by atoms with Crippen LogP contribution in [0.1, 0.15) is 29.0 Å². The third-order valence-corrected chi connectivity index (χ3v) is 6.41. The number of rotatable bonds is 9. The molecule has 0 saturated carbocycles. The Morgan fingerprint density at radius 1 is 0.882 bits per heavy atom. The van der Waals surface area contributed by atoms with Crippen LogP contribution in [0, 0.1) is 6.92 Å². The lowest BCUT2D eigenvalue weighted by molar-refractivity contribution is -0.133. The number of carbonyl (C=O) groups excluding carboxylic acids is 1. The van der Waals surface area contributed by atoms with E-state index in [1.54, 1.807) is 0 Å². The predicted octanol–water partition coefficient (Wildman–Crippen LogP) is 4.10. The molecule has 0 radical (unpaired) electrons. The number of hydrogen-bond donors (Lipinski definition) is 1. The molecule has 0 aliphatic carbocycles. The average molecular weight is 459 g/mol. The Hall–Kier alpha value is -3.15. The molecule has 1 aliphatic heterocycles. The van der Waals surface area contributed by atoms with Gasteiger partial charge in [0.05, 0.1) is 0 Å². The number of nitrogens with zero attached hydrogens (tertiary/aromatic N) is 2. The molecule has 0 spiro atoms. The van der Waals surface area contributed by atoms with Crippen LogP contribution >= 0.6 is 0 Å². The number of aryl methyl sites for hydroxylation is 1. The fourth-order valence-corrected chi connectivity index (χ4v) is 4.53. The zero-order valence-electron chi connectivity index (χ0n) is 19.8. The summed E-state index contributed by atoms with van der Waals surface area (Å²) in [7, 11) is 0. The van der Waals surface area contributed by atoms with E-state index in [0.29, 0.717) is 26.1 Å². The van der Waals surface area contributed by atoms with Gasteiger partial charge in [0.2, 0.25) is 5.91 Å². The van der Waals surface area contributed by atoms with Gasteiger partial charge in [-0.1, -0.05) is 72.8 Å². The molecule has 3 aromatic rings. The summed E-state index contributed by atoms with van der Waals surface area (Å²) >= 11 is 0. The van der Waals surface area contributed by atoms with Crippen molar-refractivity contribution in [2.45, 2.75) is 25.4 Å². The predicted molar refractivity (Wildman–Crippen MR) is 135 cm³/mol. The summed E-state index contributed by atoms with van der Waals surface area (Å²) < 4.78 is 5.74. The molecule has 1 atom stereocenters. The Morgan fingerprint density at radius 3 is 2.09 bits per heavy atom. The molecule has 5 heteroatoms. The monoisotopic (exact) mass is 458 g/mol. The van der Waals surface area contributed by atoms with Crippen LogP contribution in [0.2, 0.25) is 0 Å². The highest BCUT2D eigenvalue weighted by molar-refractivity contribution is 5.78. The number of carbonyl (C=O) groups is 1. The van der Waals surface area contributed by atoms with Crippen LogP contribution in [-0.4, -0.2) is 66.2 Å². The van der Waals surface area contributed by atoms with E-state index in [1.165, 1.54) is 0 Å². The maximum absolute atomic E-state index is 13.2. The van der Waals surface area contributed by atoms with Gasteiger partial charge in [-0.25, -0.2) is 0 Å². The zero-order valence-corrected chi connectivity index (χ0v) is 19.8. The maximum atomic E-state index is 13.2. The summed E-state index contributed by atoms with van der Waals surface area (Å²) in [6.07, 6.45) is -0.107. The molecule has 1 N–H and O–H groups in total. The number of ether oxygens (including phenoxy) is 1. The van der Waals surface area contributed by atoms with Gasteiger partial charge in [0.25, 0.3) is 0 Å². The van der Waals surface area contributed by atoms with Crippen LogP contribution < -0.4 is 4.74 Å². The normalized spacial score (nSPS) is 15.3. The van der Waals surface area contributed by atoms with E-state index >= 15 is 0 Å². The Bertz CT molecular complexity index is 994. The van der Waals surface area contributed by atoms with Crippen molar-refractivity contribution in [3.63, 3.8) is 0 Å². The third-order valence-electron chi connectivity index (χ3n) is 6.41. The van der Waals surface area contributed by atoms with Gasteiger partial charge in [-0.3, -0.25) is 9.69 Å². The van der Waals surface area contributed by atoms with E-state index < -0.39 is 6.10 Å². The molecule has 3 aromatic carbocycles. The number of hydrogen-bond acceptors (Lipinski definition) is 4. The highest BCUT2D eigenvalue weighted by atomic mass is 16.5. The van der Waals surface area contributed by atoms with Crippen molar-refractivity contribution in [1.29, 1.82) is 0 Å². The molecule has 5 nitrogen and oxygen atoms in total. The van der Waals surface area contributed by atoms with E-state index in [-0.39, 0.29) is 18.4 Å². The van der Waals surface area contributed by atoms with E-state index in [4.69, 9.17) is 4.74 Å². The van der Waals surface area contributed by atoms with Crippen LogP contribution in [-0.2, 0) is 4.79 Å². The van der Waals surface area contributed by atoms with Crippen molar-refractivity contribution in [2.75, 3.05) is 39.3 Å². The summed E-state index contributed by atoms with van der Waals surface area (Å²) in [5, 5.41) is 10.4. The van der Waals surface area contributed by atoms with Crippen LogP contribution in [0.4, 0.5) is 0 Å². The van der Waals surface area contributed by atoms with Gasteiger partial charge >= 0.3 is 0 Å². The summed E-state index contributed by atoms with van der Waals surface area (Å²) in [5.74, 6) is 1.01. The molecule has 0 bridgehead atoms. The van der Waals surface area contributed by atoms with Crippen molar-refractivity contribution in [3.05, 3.63) is 102 Å². The SMILES string of the molecule is Cc1cccc(OCC(O)CN2CCN(C(=O)CC(c3ccccc3)c3ccccc3)CC2)c1. The summed E-state index contributed by atoms with van der Waals surface area (Å²) in [4.78, 5) is 17.4. The highest BCUT2D eigenvalue weighted by Gasteiger charge is 2.26. The molecule has 178 valence electrons. The molecular weight excluding hydrogens is 424 g/mol. The van der Waals surface area contributed by atoms with Gasteiger partial charge in [0, 0.05) is 45.1 Å². The number of aliphatic hydroxyl groups excluding tert-OH is 1. The standard InChI is InChI=1S/C29H34N2O3/c1-23-9-8-14-27(19-23)34-22-26(32)21-30-15-17-31(18-16-30)29(33)20-28(24-10-4-2-5-11-24)25-12-6-3-7-13-25/h2-14,19,26,28,32H,15-18,20-22H2,1H3. The van der Waals surface area contributed by atoms with Crippen molar-refractivity contribution >= 4 is 5.91 Å². The number of amides is 1. The fraction of sp³-hybridized carbons (Fsp3) is 0.345. The minimum Gasteiger partial charge on any atom is -0.491 e. The topological polar surface area (TPSA) is 53.0 Å². The van der Waals surface area contributed by atoms with Crippen LogP contribution in [0.3, 0.4) is 0 Å². The third kappa shape index (κ3) is 6.69. The molecule has 1 amide bonds. The Morgan fingerprint density at radius 2 is 1.50 bits per heavy atom. The Labute approximate surface area is 202 Å². The lowest BCUT2D eigenvalue weighted by atomic mass is 9.88. The van der Waals surface area contributed by atoms with Crippen LogP contribution in [0.5, 0.6) is 5.75 Å². The van der Waals surface area contributed by atoms with Crippen molar-refractivity contribution in [3.8, 4) is 5.75 Å². The van der Waals surface area contributed by atoms with Gasteiger partial charge in [0.1, 0.15) is 18.5 Å². The van der Waals surface area contributed by atoms with Crippen LogP contribution in [0.25, 0.3) is 0 Å². The lowest BCUT2D eigenvalue weighted by Crippen LogP contribution is -2.51. The lowest BCUT2D eigenvalue weighted by Gasteiger charge is -2.36. The quantitative estimate of drug-likeness (QED) is 0.525. The second-order valence-electron chi connectivity index (χ2n) is 9.04. The summed E-state index contributed by atoms with van der Waals surface area (Å²) in [5.41, 5.74) is 3.46. The maximum Gasteiger partial charge on any atom is 0.223 e. The number of benzene rings is 3. The number of piperazine rings is 1. The molecule has 1 fully saturated rings. The summed E-state index contributed by atoms with van der Waals surface area (Å²) in [6.45, 7) is 5.71. The second-order valence-corrected chi connectivity index (χ2v) is 9.04. The first-order valence-electron chi connectivity index (χ1n) is 12.1. The fourth-order valence-electron chi connectivity index (χ4n) is 4.53. The van der Waals surface area contributed by atoms with Gasteiger partial charge < -0.3 is 14.7 Å². The summed E-state index contributed by atoms with van der Waals surface area (Å²) in [6, 6.07) is 28.4. The molecule has 4 rings (SSSR count). The zero-order chi connectivity index (χ0) is 23.8. The molecule has 1 saturated heterocycles. The van der Waals surface area contributed by atoms with Gasteiger partial charge in [0.15, 0.2) is 0 Å². The van der Waals surface area contributed by atoms with Gasteiger partial charge in [-0.15, -0.1) is 0 Å². The molecule has 34 heavy (non-hydrogen) atoms. The van der Waals surface area contributed by atoms with Gasteiger partial charge in [-0.05, 0) is 35.7 Å². The van der Waals surface area contributed by atoms with Crippen molar-refractivity contribution < 1.29 is 14.6 Å². The average Bonchev–Trinajstić information content (AvgIpc) is 2.87. The van der Waals surface area contributed by atoms with Gasteiger partial charge in [-0.2, -0.15) is 0 Å². The second kappa shape index (κ2) is 11.8. The molecule has 1 heterocycles. The minimum atomic E-state index is -0.566. The first-order valence-corrected chi connectivity index (χ1v) is 12.1. The van der Waals surface area contributed by atoms with Crippen LogP contribution in [0.15, 0.2) is 84.9 Å². The van der Waals surface area contributed by atoms with E-state index in [9.17, 15) is 9.90 Å². The number of β-amino-alcohol motifs (C(OH)–C–C–N with tert-alkyl or cyclic N) is 1. The molecule has 1 aliphatic rings. The Kier molecular flexibility index (Phi) is 8.34. The van der Waals surface area contributed by atoms with Crippen molar-refractivity contribution in [1.82, 2.24) is 9.80 Å². The largest absolute Gasteiger partial charge is 0.491 e. The van der Waals surface area contributed by atoms with E-state index in [0.717, 1.165) is 35.5 Å². The number of aliphatic hydroxyl groups is 1. The molecular formula is C29H34N2O3. The molecule has 0 aromatic heterocycles. The van der Waals surface area contributed by atoms with E-state index in [1.807, 2.05) is 72.5 Å². The Balaban J connectivity index is 1.27. The highest BCUT2D eigenvalue weighted by Crippen LogP contribution is 2.28.